The molecule has 1 aromatic rings. The van der Waals surface area contributed by atoms with Crippen molar-refractivity contribution in [2.75, 3.05) is 13.2 Å². The molecule has 0 amide bonds. The van der Waals surface area contributed by atoms with Crippen molar-refractivity contribution in [2.45, 2.75) is 71.0 Å². The van der Waals surface area contributed by atoms with Gasteiger partial charge in [0.2, 0.25) is 0 Å². The summed E-state index contributed by atoms with van der Waals surface area (Å²) in [6.07, 6.45) is 9.60. The maximum Gasteiger partial charge on any atom is 0.0764 e. The molecule has 0 aromatic carbocycles. The molecule has 0 spiro atoms. The summed E-state index contributed by atoms with van der Waals surface area (Å²) >= 11 is 0. The third-order valence-corrected chi connectivity index (χ3v) is 4.31. The van der Waals surface area contributed by atoms with E-state index in [1.807, 2.05) is 0 Å². The molecule has 4 heteroatoms. The fourth-order valence-corrected chi connectivity index (χ4v) is 3.01. The molecule has 1 aliphatic carbocycles. The van der Waals surface area contributed by atoms with E-state index in [9.17, 15) is 0 Å². The van der Waals surface area contributed by atoms with Crippen LogP contribution in [0.15, 0.2) is 12.3 Å². The predicted molar refractivity (Wildman–Crippen MR) is 81.6 cm³/mol. The Hall–Kier alpha value is -0.870. The summed E-state index contributed by atoms with van der Waals surface area (Å²) in [5, 5.41) is 13.8. The Balaban J connectivity index is 1.93. The minimum absolute atomic E-state index is 0.264. The van der Waals surface area contributed by atoms with E-state index >= 15 is 0 Å². The zero-order valence-electron chi connectivity index (χ0n) is 13.0. The summed E-state index contributed by atoms with van der Waals surface area (Å²) in [5.41, 5.74) is 1.15. The number of aliphatic hydroxyl groups is 1. The van der Waals surface area contributed by atoms with Crippen molar-refractivity contribution in [2.24, 2.45) is 0 Å². The lowest BCUT2D eigenvalue weighted by molar-refractivity contribution is 0.182. The van der Waals surface area contributed by atoms with E-state index in [4.69, 9.17) is 10.2 Å². The van der Waals surface area contributed by atoms with Gasteiger partial charge in [0, 0.05) is 31.9 Å². The highest BCUT2D eigenvalue weighted by molar-refractivity contribution is 5.00. The zero-order valence-corrected chi connectivity index (χ0v) is 13.0. The van der Waals surface area contributed by atoms with Gasteiger partial charge < -0.3 is 5.11 Å². The van der Waals surface area contributed by atoms with Crippen molar-refractivity contribution < 1.29 is 5.11 Å². The van der Waals surface area contributed by atoms with E-state index in [-0.39, 0.29) is 6.61 Å². The number of rotatable bonds is 7. The fourth-order valence-electron chi connectivity index (χ4n) is 3.01. The minimum Gasteiger partial charge on any atom is -0.396 e. The Bertz CT molecular complexity index is 383. The molecule has 1 aromatic heterocycles. The first kappa shape index (κ1) is 15.5. The molecule has 1 N–H and O–H groups in total. The number of aliphatic hydroxyl groups excluding tert-OH is 1. The predicted octanol–water partition coefficient (Wildman–Crippen LogP) is 2.98. The third-order valence-electron chi connectivity index (χ3n) is 4.31. The second-order valence-electron chi connectivity index (χ2n) is 6.22. The lowest BCUT2D eigenvalue weighted by atomic mass is 9.96. The molecule has 1 heterocycles. The number of hydrogen-bond acceptors (Lipinski definition) is 3. The van der Waals surface area contributed by atoms with Crippen LogP contribution in [0.2, 0.25) is 0 Å². The van der Waals surface area contributed by atoms with Gasteiger partial charge in [-0.3, -0.25) is 9.58 Å². The standard InChI is InChI=1S/C16H29N3O/c1-14(2)18(10-6-12-20)13-15-9-11-19(17-15)16-7-4-3-5-8-16/h9,11,14,16,20H,3-8,10,12-13H2,1-2H3. The van der Waals surface area contributed by atoms with Crippen LogP contribution in [0.5, 0.6) is 0 Å². The molecule has 0 radical (unpaired) electrons. The van der Waals surface area contributed by atoms with Crippen LogP contribution in [0.4, 0.5) is 0 Å². The van der Waals surface area contributed by atoms with Gasteiger partial charge in [0.05, 0.1) is 11.7 Å². The van der Waals surface area contributed by atoms with Crippen LogP contribution in [-0.2, 0) is 6.54 Å². The van der Waals surface area contributed by atoms with E-state index < -0.39 is 0 Å². The van der Waals surface area contributed by atoms with Crippen molar-refractivity contribution in [3.05, 3.63) is 18.0 Å². The molecule has 20 heavy (non-hydrogen) atoms. The average Bonchev–Trinajstić information content (AvgIpc) is 2.92. The van der Waals surface area contributed by atoms with Gasteiger partial charge in [0.15, 0.2) is 0 Å². The first-order valence-corrected chi connectivity index (χ1v) is 8.09. The van der Waals surface area contributed by atoms with E-state index in [1.54, 1.807) is 0 Å². The summed E-state index contributed by atoms with van der Waals surface area (Å²) in [7, 11) is 0. The van der Waals surface area contributed by atoms with Gasteiger partial charge in [-0.15, -0.1) is 0 Å². The molecule has 0 bridgehead atoms. The Labute approximate surface area is 122 Å². The second kappa shape index (κ2) is 7.79. The van der Waals surface area contributed by atoms with Crippen LogP contribution in [0, 0.1) is 0 Å². The number of aromatic nitrogens is 2. The SMILES string of the molecule is CC(C)N(CCCO)Cc1ccn(C2CCCCC2)n1. The summed E-state index contributed by atoms with van der Waals surface area (Å²) in [4.78, 5) is 2.38. The smallest absolute Gasteiger partial charge is 0.0764 e. The van der Waals surface area contributed by atoms with Gasteiger partial charge in [0.25, 0.3) is 0 Å². The molecule has 114 valence electrons. The van der Waals surface area contributed by atoms with Gasteiger partial charge in [0.1, 0.15) is 0 Å². The summed E-state index contributed by atoms with van der Waals surface area (Å²) in [6, 6.07) is 3.26. The molecule has 1 saturated carbocycles. The largest absolute Gasteiger partial charge is 0.396 e. The highest BCUT2D eigenvalue weighted by Crippen LogP contribution is 2.27. The summed E-state index contributed by atoms with van der Waals surface area (Å²) < 4.78 is 2.18. The van der Waals surface area contributed by atoms with Gasteiger partial charge in [-0.2, -0.15) is 5.10 Å². The molecule has 1 fully saturated rings. The van der Waals surface area contributed by atoms with Crippen LogP contribution in [0.3, 0.4) is 0 Å². The molecule has 4 nitrogen and oxygen atoms in total. The normalized spacial score (nSPS) is 17.2. The zero-order chi connectivity index (χ0) is 14.4. The van der Waals surface area contributed by atoms with Crippen LogP contribution in [0.25, 0.3) is 0 Å². The molecule has 0 unspecified atom stereocenters. The third kappa shape index (κ3) is 4.32. The monoisotopic (exact) mass is 279 g/mol. The molecular weight excluding hydrogens is 250 g/mol. The summed E-state index contributed by atoms with van der Waals surface area (Å²) in [5.74, 6) is 0. The van der Waals surface area contributed by atoms with E-state index in [1.165, 1.54) is 32.1 Å². The average molecular weight is 279 g/mol. The molecule has 2 rings (SSSR count). The van der Waals surface area contributed by atoms with Crippen molar-refractivity contribution in [1.29, 1.82) is 0 Å². The lowest BCUT2D eigenvalue weighted by Gasteiger charge is -2.25. The fraction of sp³-hybridized carbons (Fsp3) is 0.812. The van der Waals surface area contributed by atoms with Crippen LogP contribution in [-0.4, -0.2) is 39.0 Å². The number of nitrogens with zero attached hydrogens (tertiary/aromatic N) is 3. The van der Waals surface area contributed by atoms with Gasteiger partial charge >= 0.3 is 0 Å². The van der Waals surface area contributed by atoms with E-state index in [2.05, 4.69) is 35.7 Å². The van der Waals surface area contributed by atoms with Crippen LogP contribution in [0.1, 0.15) is 64.1 Å². The quantitative estimate of drug-likeness (QED) is 0.834. The molecular formula is C16H29N3O. The molecule has 0 atom stereocenters. The summed E-state index contributed by atoms with van der Waals surface area (Å²) in [6.45, 7) is 6.49. The minimum atomic E-state index is 0.264. The van der Waals surface area contributed by atoms with Gasteiger partial charge in [-0.05, 0) is 39.2 Å². The highest BCUT2D eigenvalue weighted by Gasteiger charge is 2.17. The Kier molecular flexibility index (Phi) is 6.05. The Morgan fingerprint density at radius 3 is 2.75 bits per heavy atom. The Morgan fingerprint density at radius 1 is 1.35 bits per heavy atom. The topological polar surface area (TPSA) is 41.3 Å². The second-order valence-corrected chi connectivity index (χ2v) is 6.22. The molecule has 0 aliphatic heterocycles. The first-order valence-electron chi connectivity index (χ1n) is 8.09. The maximum atomic E-state index is 8.99. The van der Waals surface area contributed by atoms with Crippen molar-refractivity contribution in [3.8, 4) is 0 Å². The Morgan fingerprint density at radius 2 is 2.10 bits per heavy atom. The highest BCUT2D eigenvalue weighted by atomic mass is 16.3. The van der Waals surface area contributed by atoms with E-state index in [0.717, 1.165) is 25.2 Å². The number of hydrogen-bond donors (Lipinski definition) is 1. The molecule has 1 aliphatic rings. The van der Waals surface area contributed by atoms with Crippen molar-refractivity contribution in [1.82, 2.24) is 14.7 Å². The van der Waals surface area contributed by atoms with Crippen LogP contribution < -0.4 is 0 Å². The van der Waals surface area contributed by atoms with Crippen molar-refractivity contribution in [3.63, 3.8) is 0 Å². The van der Waals surface area contributed by atoms with Gasteiger partial charge in [-0.25, -0.2) is 0 Å². The maximum absolute atomic E-state index is 8.99. The van der Waals surface area contributed by atoms with E-state index in [0.29, 0.717) is 12.1 Å². The van der Waals surface area contributed by atoms with Gasteiger partial charge in [-0.1, -0.05) is 19.3 Å². The van der Waals surface area contributed by atoms with Crippen molar-refractivity contribution >= 4 is 0 Å². The molecule has 0 saturated heterocycles. The first-order chi connectivity index (χ1) is 9.70. The lowest BCUT2D eigenvalue weighted by Crippen LogP contribution is -2.32. The van der Waals surface area contributed by atoms with Crippen LogP contribution >= 0.6 is 0 Å².